The first-order chi connectivity index (χ1) is 13.4. The monoisotopic (exact) mass is 388 g/mol. The van der Waals surface area contributed by atoms with Gasteiger partial charge in [-0.2, -0.15) is 13.2 Å². The van der Waals surface area contributed by atoms with Crippen molar-refractivity contribution >= 4 is 17.5 Å². The minimum atomic E-state index is -4.67. The third kappa shape index (κ3) is 4.40. The fraction of sp³-hybridized carbons (Fsp3) is 0.100. The van der Waals surface area contributed by atoms with Gasteiger partial charge in [0.15, 0.2) is 0 Å². The van der Waals surface area contributed by atoms with Crippen molar-refractivity contribution in [2.45, 2.75) is 12.7 Å². The number of amides is 2. The van der Waals surface area contributed by atoms with Gasteiger partial charge in [0.25, 0.3) is 11.8 Å². The normalized spacial score (nSPS) is 11.1. The highest BCUT2D eigenvalue weighted by atomic mass is 19.4. The van der Waals surface area contributed by atoms with Gasteiger partial charge in [-0.3, -0.25) is 9.59 Å². The van der Waals surface area contributed by atoms with E-state index in [1.54, 1.807) is 24.3 Å². The summed E-state index contributed by atoms with van der Waals surface area (Å²) in [6.45, 7) is 0.130. The molecule has 0 saturated heterocycles. The van der Waals surface area contributed by atoms with Crippen molar-refractivity contribution in [2.75, 3.05) is 5.32 Å². The van der Waals surface area contributed by atoms with E-state index in [1.807, 2.05) is 0 Å². The van der Waals surface area contributed by atoms with E-state index in [0.29, 0.717) is 5.76 Å². The molecule has 5 nitrogen and oxygen atoms in total. The third-order valence-electron chi connectivity index (χ3n) is 3.90. The highest BCUT2D eigenvalue weighted by Crippen LogP contribution is 2.32. The molecule has 2 amide bonds. The number of hydrogen-bond donors (Lipinski definition) is 2. The lowest BCUT2D eigenvalue weighted by Gasteiger charge is -2.14. The fourth-order valence-corrected chi connectivity index (χ4v) is 2.58. The van der Waals surface area contributed by atoms with Gasteiger partial charge < -0.3 is 15.1 Å². The molecule has 8 heteroatoms. The Balaban J connectivity index is 1.80. The molecule has 1 aromatic heterocycles. The van der Waals surface area contributed by atoms with Gasteiger partial charge in [-0.15, -0.1) is 0 Å². The smallest absolute Gasteiger partial charge is 0.417 e. The molecule has 0 fully saturated rings. The number of rotatable bonds is 5. The van der Waals surface area contributed by atoms with Crippen molar-refractivity contribution in [1.82, 2.24) is 5.32 Å². The number of carbonyl (C=O) groups excluding carboxylic acids is 2. The summed E-state index contributed by atoms with van der Waals surface area (Å²) >= 11 is 0. The summed E-state index contributed by atoms with van der Waals surface area (Å²) in [5.74, 6) is -0.926. The van der Waals surface area contributed by atoms with Crippen molar-refractivity contribution in [3.05, 3.63) is 89.4 Å². The number of para-hydroxylation sites is 1. The summed E-state index contributed by atoms with van der Waals surface area (Å²) in [7, 11) is 0. The summed E-state index contributed by atoms with van der Waals surface area (Å²) in [6, 6.07) is 13.9. The fourth-order valence-electron chi connectivity index (χ4n) is 2.58. The number of nitrogens with one attached hydrogen (secondary N) is 2. The molecule has 0 aliphatic rings. The van der Waals surface area contributed by atoms with E-state index in [1.165, 1.54) is 30.5 Å². The molecule has 0 bridgehead atoms. The molecule has 2 aromatic carbocycles. The first kappa shape index (κ1) is 19.2. The van der Waals surface area contributed by atoms with Gasteiger partial charge >= 0.3 is 6.18 Å². The second-order valence-corrected chi connectivity index (χ2v) is 5.81. The predicted octanol–water partition coefficient (Wildman–Crippen LogP) is 4.48. The molecule has 28 heavy (non-hydrogen) atoms. The molecule has 0 aliphatic heterocycles. The minimum absolute atomic E-state index is 0.0985. The standard InChI is InChI=1S/C20H15F3N2O3/c21-20(22,23)16-9-3-1-7-14(16)19(27)25-17-10-4-2-8-15(17)18(26)24-12-13-6-5-11-28-13/h1-11H,12H2,(H,24,26)(H,25,27). The summed E-state index contributed by atoms with van der Waals surface area (Å²) < 4.78 is 44.5. The van der Waals surface area contributed by atoms with E-state index >= 15 is 0 Å². The second-order valence-electron chi connectivity index (χ2n) is 5.81. The van der Waals surface area contributed by atoms with Crippen LogP contribution < -0.4 is 10.6 Å². The van der Waals surface area contributed by atoms with E-state index in [9.17, 15) is 22.8 Å². The Morgan fingerprint density at radius 3 is 2.21 bits per heavy atom. The zero-order chi connectivity index (χ0) is 20.1. The number of carbonyl (C=O) groups is 2. The van der Waals surface area contributed by atoms with Crippen LogP contribution in [0.5, 0.6) is 0 Å². The van der Waals surface area contributed by atoms with Crippen LogP contribution in [0.25, 0.3) is 0 Å². The average Bonchev–Trinajstić information content (AvgIpc) is 3.19. The first-order valence-corrected chi connectivity index (χ1v) is 8.23. The molecule has 3 rings (SSSR count). The van der Waals surface area contributed by atoms with Gasteiger partial charge in [-0.05, 0) is 36.4 Å². The van der Waals surface area contributed by atoms with Crippen molar-refractivity contribution in [3.63, 3.8) is 0 Å². The van der Waals surface area contributed by atoms with Gasteiger partial charge in [0.05, 0.1) is 35.2 Å². The van der Waals surface area contributed by atoms with E-state index in [-0.39, 0.29) is 17.8 Å². The summed E-state index contributed by atoms with van der Waals surface area (Å²) in [6.07, 6.45) is -3.21. The number of alkyl halides is 3. The number of hydrogen-bond acceptors (Lipinski definition) is 3. The Labute approximate surface area is 158 Å². The number of furan rings is 1. The van der Waals surface area contributed by atoms with E-state index in [0.717, 1.165) is 12.1 Å². The Kier molecular flexibility index (Phi) is 5.49. The molecule has 3 aromatic rings. The Bertz CT molecular complexity index is 982. The molecule has 144 valence electrons. The summed E-state index contributed by atoms with van der Waals surface area (Å²) in [5.41, 5.74) is -1.36. The molecule has 0 radical (unpaired) electrons. The van der Waals surface area contributed by atoms with Crippen molar-refractivity contribution < 1.29 is 27.2 Å². The zero-order valence-electron chi connectivity index (χ0n) is 14.4. The summed E-state index contributed by atoms with van der Waals surface area (Å²) in [4.78, 5) is 24.9. The molecule has 0 saturated carbocycles. The quantitative estimate of drug-likeness (QED) is 0.677. The number of benzene rings is 2. The highest BCUT2D eigenvalue weighted by Gasteiger charge is 2.35. The Morgan fingerprint density at radius 1 is 0.857 bits per heavy atom. The maximum Gasteiger partial charge on any atom is 0.417 e. The second kappa shape index (κ2) is 7.99. The molecule has 0 atom stereocenters. The Hall–Kier alpha value is -3.55. The lowest BCUT2D eigenvalue weighted by molar-refractivity contribution is -0.137. The van der Waals surface area contributed by atoms with Crippen molar-refractivity contribution in [2.24, 2.45) is 0 Å². The van der Waals surface area contributed by atoms with Gasteiger partial charge in [-0.1, -0.05) is 24.3 Å². The molecule has 2 N–H and O–H groups in total. The van der Waals surface area contributed by atoms with Gasteiger partial charge in [0.2, 0.25) is 0 Å². The molecule has 1 heterocycles. The van der Waals surface area contributed by atoms with E-state index in [4.69, 9.17) is 4.42 Å². The number of anilines is 1. The lowest BCUT2D eigenvalue weighted by atomic mass is 10.1. The third-order valence-corrected chi connectivity index (χ3v) is 3.90. The van der Waals surface area contributed by atoms with Crippen LogP contribution in [0, 0.1) is 0 Å². The van der Waals surface area contributed by atoms with Crippen LogP contribution in [-0.2, 0) is 12.7 Å². The predicted molar refractivity (Wildman–Crippen MR) is 95.7 cm³/mol. The molecular formula is C20H15F3N2O3. The maximum atomic E-state index is 13.1. The summed E-state index contributed by atoms with van der Waals surface area (Å²) in [5, 5.41) is 5.02. The lowest BCUT2D eigenvalue weighted by Crippen LogP contribution is -2.25. The van der Waals surface area contributed by atoms with E-state index in [2.05, 4.69) is 10.6 Å². The van der Waals surface area contributed by atoms with Gasteiger partial charge in [0, 0.05) is 0 Å². The Morgan fingerprint density at radius 2 is 1.54 bits per heavy atom. The highest BCUT2D eigenvalue weighted by molar-refractivity contribution is 6.09. The van der Waals surface area contributed by atoms with Crippen molar-refractivity contribution in [1.29, 1.82) is 0 Å². The molecule has 0 spiro atoms. The van der Waals surface area contributed by atoms with Gasteiger partial charge in [0.1, 0.15) is 5.76 Å². The average molecular weight is 388 g/mol. The van der Waals surface area contributed by atoms with E-state index < -0.39 is 29.1 Å². The SMILES string of the molecule is O=C(NCc1ccco1)c1ccccc1NC(=O)c1ccccc1C(F)(F)F. The van der Waals surface area contributed by atoms with Crippen LogP contribution in [0.1, 0.15) is 32.0 Å². The molecule has 0 unspecified atom stereocenters. The largest absolute Gasteiger partial charge is 0.467 e. The molecular weight excluding hydrogens is 373 g/mol. The zero-order valence-corrected chi connectivity index (χ0v) is 14.4. The topological polar surface area (TPSA) is 71.3 Å². The van der Waals surface area contributed by atoms with Crippen LogP contribution in [0.4, 0.5) is 18.9 Å². The van der Waals surface area contributed by atoms with Crippen molar-refractivity contribution in [3.8, 4) is 0 Å². The minimum Gasteiger partial charge on any atom is -0.467 e. The van der Waals surface area contributed by atoms with Crippen LogP contribution in [-0.4, -0.2) is 11.8 Å². The van der Waals surface area contributed by atoms with Crippen LogP contribution in [0.2, 0.25) is 0 Å². The van der Waals surface area contributed by atoms with Crippen LogP contribution in [0.3, 0.4) is 0 Å². The van der Waals surface area contributed by atoms with Gasteiger partial charge in [-0.25, -0.2) is 0 Å². The molecule has 0 aliphatic carbocycles. The number of halogens is 3. The first-order valence-electron chi connectivity index (χ1n) is 8.23. The van der Waals surface area contributed by atoms with Crippen LogP contribution >= 0.6 is 0 Å². The maximum absolute atomic E-state index is 13.1. The van der Waals surface area contributed by atoms with Crippen LogP contribution in [0.15, 0.2) is 71.3 Å².